The van der Waals surface area contributed by atoms with Gasteiger partial charge in [0.1, 0.15) is 23.0 Å². The fourth-order valence-corrected chi connectivity index (χ4v) is 8.66. The summed E-state index contributed by atoms with van der Waals surface area (Å²) < 4.78 is 69.2. The first kappa shape index (κ1) is 47.8. The predicted octanol–water partition coefficient (Wildman–Crippen LogP) is 11.8. The highest BCUT2D eigenvalue weighted by Crippen LogP contribution is 2.52. The summed E-state index contributed by atoms with van der Waals surface area (Å²) in [5.74, 6) is 0.945. The number of carbonyl (C=O) groups is 1. The molecule has 0 bridgehead atoms. The van der Waals surface area contributed by atoms with Gasteiger partial charge in [-0.05, 0) is 82.9 Å². The number of para-hydroxylation sites is 1. The third-order valence-corrected chi connectivity index (χ3v) is 12.4. The largest absolute Gasteiger partial charge is 0.530 e. The molecule has 7 aromatic carbocycles. The maximum atomic E-state index is 14.0. The fourth-order valence-electron chi connectivity index (χ4n) is 6.31. The molecule has 8 rings (SSSR count). The molecule has 0 spiro atoms. The van der Waals surface area contributed by atoms with Crippen LogP contribution < -0.4 is 30.2 Å². The SMILES string of the molecule is NC(=O)CNc1nc(Nc2ccc(OP(=O)(OCc3ccccc3)OCc3ccccc3)cc2)nc(-c2ccccc2Oc2ccc(OP(=O)(OCc3ccccc3)OCc3ccccc3)cc2)n1. The van der Waals surface area contributed by atoms with E-state index in [1.165, 1.54) is 0 Å². The quantitative estimate of drug-likeness (QED) is 0.0482. The van der Waals surface area contributed by atoms with Crippen molar-refractivity contribution in [2.45, 2.75) is 26.4 Å². The lowest BCUT2D eigenvalue weighted by Gasteiger charge is -2.19. The van der Waals surface area contributed by atoms with Crippen LogP contribution >= 0.6 is 15.6 Å². The van der Waals surface area contributed by atoms with Gasteiger partial charge < -0.3 is 30.2 Å². The summed E-state index contributed by atoms with van der Waals surface area (Å²) in [4.78, 5) is 25.5. The van der Waals surface area contributed by atoms with Crippen LogP contribution in [0.4, 0.5) is 17.6 Å². The predicted molar refractivity (Wildman–Crippen MR) is 261 cm³/mol. The lowest BCUT2D eigenvalue weighted by Crippen LogP contribution is -2.23. The molecule has 69 heavy (non-hydrogen) atoms. The van der Waals surface area contributed by atoms with Gasteiger partial charge in [-0.25, -0.2) is 9.13 Å². The van der Waals surface area contributed by atoms with Crippen molar-refractivity contribution in [1.82, 2.24) is 15.0 Å². The van der Waals surface area contributed by atoms with E-state index in [0.717, 1.165) is 22.3 Å². The van der Waals surface area contributed by atoms with E-state index in [0.29, 0.717) is 22.7 Å². The number of nitrogens with zero attached hydrogens (tertiary/aromatic N) is 3. The van der Waals surface area contributed by atoms with E-state index < -0.39 is 21.6 Å². The van der Waals surface area contributed by atoms with Crippen LogP contribution in [0.2, 0.25) is 0 Å². The van der Waals surface area contributed by atoms with E-state index >= 15 is 0 Å². The third-order valence-electron chi connectivity index (χ3n) is 9.71. The highest BCUT2D eigenvalue weighted by atomic mass is 31.2. The second kappa shape index (κ2) is 23.4. The number of nitrogens with two attached hydrogens (primary N) is 1. The van der Waals surface area contributed by atoms with Crippen LogP contribution in [0.15, 0.2) is 194 Å². The molecule has 1 amide bonds. The van der Waals surface area contributed by atoms with Crippen LogP contribution in [0.5, 0.6) is 23.0 Å². The van der Waals surface area contributed by atoms with Crippen LogP contribution in [-0.4, -0.2) is 27.4 Å². The van der Waals surface area contributed by atoms with E-state index in [1.54, 1.807) is 72.8 Å². The van der Waals surface area contributed by atoms with Crippen molar-refractivity contribution in [2.75, 3.05) is 17.2 Å². The van der Waals surface area contributed by atoms with Gasteiger partial charge in [0.2, 0.25) is 17.8 Å². The average molecular weight is 965 g/mol. The Morgan fingerprint density at radius 2 is 0.855 bits per heavy atom. The molecule has 18 heteroatoms. The van der Waals surface area contributed by atoms with Crippen molar-refractivity contribution in [3.05, 3.63) is 216 Å². The lowest BCUT2D eigenvalue weighted by molar-refractivity contribution is -0.116. The zero-order valence-corrected chi connectivity index (χ0v) is 38.7. The number of anilines is 3. The number of phosphoric acid groups is 2. The molecule has 16 nitrogen and oxygen atoms in total. The number of ether oxygens (including phenoxy) is 1. The van der Waals surface area contributed by atoms with E-state index in [9.17, 15) is 13.9 Å². The lowest BCUT2D eigenvalue weighted by atomic mass is 10.2. The Hall–Kier alpha value is -7.68. The molecule has 8 aromatic rings. The van der Waals surface area contributed by atoms with Gasteiger partial charge in [0, 0.05) is 5.69 Å². The topological polar surface area (TPSA) is 205 Å². The molecule has 0 aliphatic carbocycles. The Balaban J connectivity index is 0.972. The zero-order valence-electron chi connectivity index (χ0n) is 36.9. The molecule has 0 saturated heterocycles. The first-order valence-corrected chi connectivity index (χ1v) is 24.4. The summed E-state index contributed by atoms with van der Waals surface area (Å²) in [5, 5.41) is 5.99. The molecule has 1 heterocycles. The highest BCUT2D eigenvalue weighted by molar-refractivity contribution is 7.49. The maximum Gasteiger partial charge on any atom is 0.530 e. The van der Waals surface area contributed by atoms with Gasteiger partial charge in [0.05, 0.1) is 38.5 Å². The normalized spacial score (nSPS) is 11.4. The molecule has 4 N–H and O–H groups in total. The molecule has 0 aliphatic rings. The number of hydrogen-bond acceptors (Lipinski definition) is 15. The van der Waals surface area contributed by atoms with E-state index in [2.05, 4.69) is 25.6 Å². The monoisotopic (exact) mass is 964 g/mol. The van der Waals surface area contributed by atoms with Gasteiger partial charge in [-0.2, -0.15) is 15.0 Å². The number of phosphoric ester groups is 2. The molecule has 0 aliphatic heterocycles. The second-order valence-electron chi connectivity index (χ2n) is 15.0. The highest BCUT2D eigenvalue weighted by Gasteiger charge is 2.31. The summed E-state index contributed by atoms with van der Waals surface area (Å²) in [7, 11) is -8.24. The van der Waals surface area contributed by atoms with Crippen molar-refractivity contribution in [3.63, 3.8) is 0 Å². The Bertz CT molecular complexity index is 2900. The molecule has 0 radical (unpaired) electrons. The molecular weight excluding hydrogens is 919 g/mol. The number of rotatable bonds is 24. The van der Waals surface area contributed by atoms with Gasteiger partial charge in [-0.1, -0.05) is 133 Å². The minimum atomic E-state index is -4.12. The average Bonchev–Trinajstić information content (AvgIpc) is 3.38. The number of aromatic nitrogens is 3. The molecular formula is C51H46N6O10P2. The molecule has 1 aromatic heterocycles. The number of benzene rings is 7. The van der Waals surface area contributed by atoms with Crippen LogP contribution in [0, 0.1) is 0 Å². The number of amides is 1. The fraction of sp³-hybridized carbons (Fsp3) is 0.0980. The second-order valence-corrected chi connectivity index (χ2v) is 18.1. The first-order chi connectivity index (χ1) is 33.6. The molecule has 0 atom stereocenters. The van der Waals surface area contributed by atoms with Gasteiger partial charge in [-0.3, -0.25) is 22.9 Å². The number of carbonyl (C=O) groups excluding carboxylic acids is 1. The Morgan fingerprint density at radius 3 is 1.30 bits per heavy atom. The summed E-state index contributed by atoms with van der Waals surface area (Å²) in [6.45, 7) is -0.250. The molecule has 350 valence electrons. The molecule has 0 fully saturated rings. The minimum Gasteiger partial charge on any atom is -0.457 e. The van der Waals surface area contributed by atoms with Crippen molar-refractivity contribution < 1.29 is 45.8 Å². The summed E-state index contributed by atoms with van der Waals surface area (Å²) in [6.07, 6.45) is 0. The Morgan fingerprint density at radius 1 is 0.464 bits per heavy atom. The third kappa shape index (κ3) is 14.7. The first-order valence-electron chi connectivity index (χ1n) is 21.5. The van der Waals surface area contributed by atoms with Crippen LogP contribution in [-0.2, 0) is 58.4 Å². The van der Waals surface area contributed by atoms with Gasteiger partial charge in [0.15, 0.2) is 5.82 Å². The van der Waals surface area contributed by atoms with E-state index in [-0.39, 0.29) is 62.2 Å². The molecule has 0 unspecified atom stereocenters. The number of primary amides is 1. The Labute approximate surface area is 398 Å². The van der Waals surface area contributed by atoms with Crippen LogP contribution in [0.1, 0.15) is 22.3 Å². The Kier molecular flexibility index (Phi) is 16.2. The number of nitrogens with one attached hydrogen (secondary N) is 2. The smallest absolute Gasteiger partial charge is 0.457 e. The summed E-state index contributed by atoms with van der Waals surface area (Å²) in [5.41, 5.74) is 9.62. The number of hydrogen-bond donors (Lipinski definition) is 3. The minimum absolute atomic E-state index is 0.00181. The van der Waals surface area contributed by atoms with Gasteiger partial charge in [-0.15, -0.1) is 0 Å². The summed E-state index contributed by atoms with van der Waals surface area (Å²) in [6, 6.07) is 57.2. The van der Waals surface area contributed by atoms with Crippen molar-refractivity contribution in [3.8, 4) is 34.4 Å². The summed E-state index contributed by atoms with van der Waals surface area (Å²) >= 11 is 0. The maximum absolute atomic E-state index is 14.0. The standard InChI is InChI=1S/C51H46N6O10P2/c52-48(58)33-53-50-55-49(56-51(57-50)54-42-25-27-44(28-26-42)66-68(59,61-34-38-15-5-1-6-16-38)62-35-39-17-7-2-8-18-39)46-23-13-14-24-47(46)65-43-29-31-45(32-30-43)67-69(60,63-36-40-19-9-3-10-20-40)64-37-41-21-11-4-12-22-41/h1-32H,33-37H2,(H2,52,58)(H2,53,54,55,56,57). The molecule has 0 saturated carbocycles. The van der Waals surface area contributed by atoms with E-state index in [1.807, 2.05) is 121 Å². The van der Waals surface area contributed by atoms with Crippen LogP contribution in [0.25, 0.3) is 11.4 Å². The van der Waals surface area contributed by atoms with Crippen LogP contribution in [0.3, 0.4) is 0 Å². The van der Waals surface area contributed by atoms with Gasteiger partial charge >= 0.3 is 15.6 Å². The van der Waals surface area contributed by atoms with E-state index in [4.69, 9.17) is 37.6 Å². The van der Waals surface area contributed by atoms with Crippen molar-refractivity contribution in [1.29, 1.82) is 0 Å². The zero-order chi connectivity index (χ0) is 47.7. The van der Waals surface area contributed by atoms with Crippen molar-refractivity contribution in [2.24, 2.45) is 5.73 Å². The van der Waals surface area contributed by atoms with Gasteiger partial charge in [0.25, 0.3) is 0 Å². The van der Waals surface area contributed by atoms with Crippen molar-refractivity contribution >= 4 is 39.1 Å².